The molecule has 0 spiro atoms. The van der Waals surface area contributed by atoms with Gasteiger partial charge in [-0.1, -0.05) is 49.2 Å². The zero-order chi connectivity index (χ0) is 22.0. The van der Waals surface area contributed by atoms with Gasteiger partial charge in [0.25, 0.3) is 0 Å². The normalized spacial score (nSPS) is 21.7. The number of hydrazone groups is 1. The maximum atomic E-state index is 13.2. The lowest BCUT2D eigenvalue weighted by atomic mass is 9.91. The molecule has 1 fully saturated rings. The third-order valence-corrected chi connectivity index (χ3v) is 6.26. The van der Waals surface area contributed by atoms with Crippen molar-refractivity contribution in [3.8, 4) is 5.75 Å². The number of hydroxylamine groups is 1. The molecule has 1 saturated heterocycles. The molecule has 0 aromatic heterocycles. The molecule has 0 saturated carbocycles. The number of rotatable bonds is 5. The zero-order valence-corrected chi connectivity index (χ0v) is 18.5. The zero-order valence-electron chi connectivity index (χ0n) is 17.7. The fourth-order valence-electron chi connectivity index (χ4n) is 4.24. The number of ether oxygens (including phenoxy) is 1. The highest BCUT2D eigenvalue weighted by molar-refractivity contribution is 6.40. The molecule has 2 aliphatic rings. The van der Waals surface area contributed by atoms with Crippen LogP contribution in [-0.2, 0) is 4.79 Å². The number of piperidine rings is 1. The van der Waals surface area contributed by atoms with Gasteiger partial charge in [-0.15, -0.1) is 5.17 Å². The summed E-state index contributed by atoms with van der Waals surface area (Å²) in [6, 6.07) is 14.9. The van der Waals surface area contributed by atoms with E-state index < -0.39 is 5.91 Å². The summed E-state index contributed by atoms with van der Waals surface area (Å²) in [6.07, 6.45) is 3.01. The molecule has 7 nitrogen and oxygen atoms in total. The molecule has 0 radical (unpaired) electrons. The Labute approximate surface area is 187 Å². The summed E-state index contributed by atoms with van der Waals surface area (Å²) in [5.74, 6) is -0.0124. The van der Waals surface area contributed by atoms with Gasteiger partial charge in [0.05, 0.1) is 23.9 Å². The second-order valence-electron chi connectivity index (χ2n) is 7.90. The predicted molar refractivity (Wildman–Crippen MR) is 120 cm³/mol. The van der Waals surface area contributed by atoms with E-state index in [2.05, 4.69) is 5.10 Å². The van der Waals surface area contributed by atoms with Crippen molar-refractivity contribution in [1.82, 2.24) is 10.2 Å². The standard InChI is InChI=1S/C23H27ClN4O3/c1-16-21(23(29)28(30)26-14-6-3-7-15-26)25-27(20-9-5-4-8-19(20)24)22(16)17-10-12-18(31-2)13-11-17/h4-5,8-13,16,22,30H,3,6-7,14-15H2,1-2H3. The quantitative estimate of drug-likeness (QED) is 0.544. The van der Waals surface area contributed by atoms with Crippen molar-refractivity contribution >= 4 is 28.9 Å². The Bertz CT molecular complexity index is 960. The van der Waals surface area contributed by atoms with E-state index in [9.17, 15) is 10.0 Å². The number of carbonyl (C=O) groups is 1. The van der Waals surface area contributed by atoms with Gasteiger partial charge in [0.1, 0.15) is 11.5 Å². The van der Waals surface area contributed by atoms with Crippen LogP contribution >= 0.6 is 11.6 Å². The minimum Gasteiger partial charge on any atom is -0.497 e. The Balaban J connectivity index is 1.69. The van der Waals surface area contributed by atoms with Crippen LogP contribution in [0.15, 0.2) is 53.6 Å². The van der Waals surface area contributed by atoms with Crippen molar-refractivity contribution in [2.75, 3.05) is 25.2 Å². The van der Waals surface area contributed by atoms with Crippen LogP contribution in [0.5, 0.6) is 5.75 Å². The molecule has 1 amide bonds. The number of amides is 1. The van der Waals surface area contributed by atoms with Gasteiger partial charge in [0, 0.05) is 19.0 Å². The summed E-state index contributed by atoms with van der Waals surface area (Å²) >= 11 is 6.48. The number of methoxy groups -OCH3 is 1. The first-order valence-electron chi connectivity index (χ1n) is 10.6. The summed E-state index contributed by atoms with van der Waals surface area (Å²) in [6.45, 7) is 3.26. The van der Waals surface area contributed by atoms with Gasteiger partial charge >= 0.3 is 5.91 Å². The highest BCUT2D eigenvalue weighted by Crippen LogP contribution is 2.42. The van der Waals surface area contributed by atoms with Crippen LogP contribution < -0.4 is 9.75 Å². The lowest BCUT2D eigenvalue weighted by Gasteiger charge is -2.32. The van der Waals surface area contributed by atoms with E-state index in [1.807, 2.05) is 49.4 Å². The van der Waals surface area contributed by atoms with Crippen LogP contribution in [0.3, 0.4) is 0 Å². The summed E-state index contributed by atoms with van der Waals surface area (Å²) in [4.78, 5) is 13.2. The van der Waals surface area contributed by atoms with E-state index in [1.54, 1.807) is 23.2 Å². The van der Waals surface area contributed by atoms with Gasteiger partial charge in [-0.05, 0) is 42.7 Å². The highest BCUT2D eigenvalue weighted by atomic mass is 35.5. The van der Waals surface area contributed by atoms with Gasteiger partial charge in [-0.3, -0.25) is 15.0 Å². The number of hydrogen-bond donors (Lipinski definition) is 1. The minimum atomic E-state index is -0.498. The summed E-state index contributed by atoms with van der Waals surface area (Å²) in [5.41, 5.74) is 1.98. The molecule has 0 aliphatic carbocycles. The number of halogens is 1. The maximum Gasteiger partial charge on any atom is 0.309 e. The average molecular weight is 443 g/mol. The molecule has 164 valence electrons. The molecule has 0 bridgehead atoms. The Morgan fingerprint density at radius 3 is 2.45 bits per heavy atom. The van der Waals surface area contributed by atoms with Crippen molar-refractivity contribution in [2.24, 2.45) is 11.0 Å². The van der Waals surface area contributed by atoms with Crippen molar-refractivity contribution < 1.29 is 14.7 Å². The fourth-order valence-corrected chi connectivity index (χ4v) is 4.46. The van der Waals surface area contributed by atoms with Gasteiger partial charge in [-0.2, -0.15) is 10.1 Å². The lowest BCUT2D eigenvalue weighted by molar-refractivity contribution is -0.235. The number of hydrogen-bond acceptors (Lipinski definition) is 6. The van der Waals surface area contributed by atoms with E-state index in [1.165, 1.54) is 0 Å². The summed E-state index contributed by atoms with van der Waals surface area (Å²) < 4.78 is 5.28. The average Bonchev–Trinajstić information content (AvgIpc) is 3.15. The van der Waals surface area contributed by atoms with Crippen LogP contribution in [0.1, 0.15) is 37.8 Å². The van der Waals surface area contributed by atoms with Crippen LogP contribution in [0.25, 0.3) is 0 Å². The number of carbonyl (C=O) groups excluding carboxylic acids is 1. The van der Waals surface area contributed by atoms with Crippen molar-refractivity contribution in [3.63, 3.8) is 0 Å². The van der Waals surface area contributed by atoms with E-state index in [4.69, 9.17) is 16.3 Å². The number of anilines is 1. The van der Waals surface area contributed by atoms with E-state index in [0.717, 1.165) is 35.7 Å². The monoisotopic (exact) mass is 442 g/mol. The van der Waals surface area contributed by atoms with Gasteiger partial charge in [0.2, 0.25) is 0 Å². The first-order valence-corrected chi connectivity index (χ1v) is 10.9. The molecular formula is C23H27ClN4O3. The molecule has 8 heteroatoms. The van der Waals surface area contributed by atoms with Gasteiger partial charge in [-0.25, -0.2) is 0 Å². The first kappa shape index (κ1) is 21.6. The number of para-hydroxylation sites is 1. The van der Waals surface area contributed by atoms with Gasteiger partial charge in [0.15, 0.2) is 0 Å². The number of nitrogens with zero attached hydrogens (tertiary/aromatic N) is 4. The highest BCUT2D eigenvalue weighted by Gasteiger charge is 2.42. The Hall–Kier alpha value is -2.61. The second-order valence-corrected chi connectivity index (χ2v) is 8.30. The molecule has 2 unspecified atom stereocenters. The van der Waals surface area contributed by atoms with E-state index in [0.29, 0.717) is 29.5 Å². The van der Waals surface area contributed by atoms with Crippen LogP contribution in [0, 0.1) is 5.92 Å². The molecule has 2 atom stereocenters. The smallest absolute Gasteiger partial charge is 0.309 e. The summed E-state index contributed by atoms with van der Waals surface area (Å²) in [7, 11) is 1.62. The van der Waals surface area contributed by atoms with Crippen molar-refractivity contribution in [1.29, 1.82) is 0 Å². The van der Waals surface area contributed by atoms with E-state index in [-0.39, 0.29) is 12.0 Å². The van der Waals surface area contributed by atoms with Crippen molar-refractivity contribution in [3.05, 3.63) is 59.1 Å². The summed E-state index contributed by atoms with van der Waals surface area (Å²) in [5, 5.41) is 20.1. The molecule has 2 aromatic carbocycles. The van der Waals surface area contributed by atoms with Crippen molar-refractivity contribution in [2.45, 2.75) is 32.2 Å². The maximum absolute atomic E-state index is 13.2. The molecule has 2 aromatic rings. The van der Waals surface area contributed by atoms with Crippen LogP contribution in [0.2, 0.25) is 5.02 Å². The number of hydrazine groups is 1. The third-order valence-electron chi connectivity index (χ3n) is 5.94. The largest absolute Gasteiger partial charge is 0.497 e. The third kappa shape index (κ3) is 4.26. The van der Waals surface area contributed by atoms with Crippen LogP contribution in [0.4, 0.5) is 5.69 Å². The topological polar surface area (TPSA) is 68.6 Å². The Morgan fingerprint density at radius 1 is 1.13 bits per heavy atom. The Kier molecular flexibility index (Phi) is 6.46. The molecule has 2 heterocycles. The molecule has 4 rings (SSSR count). The lowest BCUT2D eigenvalue weighted by Crippen LogP contribution is -2.50. The van der Waals surface area contributed by atoms with Crippen LogP contribution in [-0.4, -0.2) is 47.2 Å². The molecule has 2 aliphatic heterocycles. The minimum absolute atomic E-state index is 0.250. The Morgan fingerprint density at radius 2 is 1.81 bits per heavy atom. The molecule has 31 heavy (non-hydrogen) atoms. The molecular weight excluding hydrogens is 416 g/mol. The predicted octanol–water partition coefficient (Wildman–Crippen LogP) is 4.52. The fraction of sp³-hybridized carbons (Fsp3) is 0.391. The van der Waals surface area contributed by atoms with E-state index >= 15 is 0 Å². The number of benzene rings is 2. The SMILES string of the molecule is COc1ccc(C2C(C)C(C(=O)N(O)N3CCCCC3)=NN2c2ccccc2Cl)cc1. The second kappa shape index (κ2) is 9.26. The van der Waals surface area contributed by atoms with Gasteiger partial charge < -0.3 is 4.74 Å². The molecule has 1 N–H and O–H groups in total. The first-order chi connectivity index (χ1) is 15.0.